The van der Waals surface area contributed by atoms with E-state index in [1.165, 1.54) is 5.56 Å². The van der Waals surface area contributed by atoms with Crippen molar-refractivity contribution in [2.45, 2.75) is 6.04 Å². The van der Waals surface area contributed by atoms with Crippen LogP contribution in [0.2, 0.25) is 0 Å². The zero-order chi connectivity index (χ0) is 11.9. The van der Waals surface area contributed by atoms with Crippen molar-refractivity contribution in [1.82, 2.24) is 0 Å². The molecule has 15 heavy (non-hydrogen) atoms. The maximum atomic E-state index is 9.75. The Morgan fingerprint density at radius 2 is 1.53 bits per heavy atom. The van der Waals surface area contributed by atoms with E-state index in [9.17, 15) is 17.3 Å². The minimum Gasteiger partial charge on any atom is -0.418 e. The van der Waals surface area contributed by atoms with Crippen molar-refractivity contribution in [2.75, 3.05) is 0 Å². The van der Waals surface area contributed by atoms with E-state index in [-0.39, 0.29) is 6.04 Å². The molecule has 0 aromatic heterocycles. The van der Waals surface area contributed by atoms with Crippen molar-refractivity contribution in [3.05, 3.63) is 48.6 Å². The molecule has 1 aromatic rings. The lowest BCUT2D eigenvalue weighted by molar-refractivity contribution is -0.409. The van der Waals surface area contributed by atoms with E-state index < -0.39 is 7.25 Å². The molecule has 84 valence electrons. The highest BCUT2D eigenvalue weighted by Crippen LogP contribution is 2.07. The molecule has 3 N–H and O–H groups in total. The van der Waals surface area contributed by atoms with Crippen LogP contribution in [0.3, 0.4) is 0 Å². The average molecular weight is 221 g/mol. The van der Waals surface area contributed by atoms with Crippen LogP contribution in [-0.4, -0.2) is 7.25 Å². The summed E-state index contributed by atoms with van der Waals surface area (Å²) in [5.74, 6) is 0. The van der Waals surface area contributed by atoms with Crippen molar-refractivity contribution in [1.29, 1.82) is 0 Å². The third-order valence-corrected chi connectivity index (χ3v) is 1.51. The highest BCUT2D eigenvalue weighted by Gasteiger charge is 2.20. The predicted octanol–water partition coefficient (Wildman–Crippen LogP) is 2.46. The van der Waals surface area contributed by atoms with Crippen LogP contribution in [0.15, 0.2) is 43.0 Å². The molecule has 1 nitrogen and oxygen atoms in total. The third kappa shape index (κ3) is 9.02. The smallest absolute Gasteiger partial charge is 0.418 e. The zero-order valence-electron chi connectivity index (χ0n) is 8.04. The normalized spacial score (nSPS) is 12.3. The van der Waals surface area contributed by atoms with Gasteiger partial charge < -0.3 is 23.0 Å². The first-order chi connectivity index (χ1) is 6.84. The molecular formula is C9H12BF4N. The van der Waals surface area contributed by atoms with Crippen molar-refractivity contribution in [3.8, 4) is 0 Å². The third-order valence-electron chi connectivity index (χ3n) is 1.51. The Bertz CT molecular complexity index is 280. The molecule has 0 saturated heterocycles. The van der Waals surface area contributed by atoms with Crippen LogP contribution in [0.25, 0.3) is 0 Å². The summed E-state index contributed by atoms with van der Waals surface area (Å²) in [5, 5.41) is 0. The van der Waals surface area contributed by atoms with Gasteiger partial charge in [0.1, 0.15) is 6.04 Å². The summed E-state index contributed by atoms with van der Waals surface area (Å²) in [6, 6.07) is 10.4. The van der Waals surface area contributed by atoms with Crippen molar-refractivity contribution < 1.29 is 23.0 Å². The maximum absolute atomic E-state index is 9.75. The Morgan fingerprint density at radius 3 is 1.87 bits per heavy atom. The molecular weight excluding hydrogens is 209 g/mol. The van der Waals surface area contributed by atoms with Crippen LogP contribution in [0.1, 0.15) is 11.6 Å². The Kier molecular flexibility index (Phi) is 5.70. The SMILES string of the molecule is C=CC([NH3+])c1ccccc1.F[B-](F)(F)F. The molecule has 0 aliphatic carbocycles. The fourth-order valence-electron chi connectivity index (χ4n) is 0.836. The monoisotopic (exact) mass is 221 g/mol. The number of halogens is 4. The molecule has 1 aromatic carbocycles. The quantitative estimate of drug-likeness (QED) is 0.451. The first kappa shape index (κ1) is 13.7. The predicted molar refractivity (Wildman–Crippen MR) is 52.5 cm³/mol. The topological polar surface area (TPSA) is 27.6 Å². The highest BCUT2D eigenvalue weighted by atomic mass is 19.5. The van der Waals surface area contributed by atoms with E-state index in [0.717, 1.165) is 0 Å². The highest BCUT2D eigenvalue weighted by molar-refractivity contribution is 6.50. The molecule has 0 amide bonds. The van der Waals surface area contributed by atoms with Gasteiger partial charge in [-0.05, 0) is 6.08 Å². The van der Waals surface area contributed by atoms with Crippen molar-refractivity contribution >= 4 is 7.25 Å². The summed E-state index contributed by atoms with van der Waals surface area (Å²) in [4.78, 5) is 0. The molecule has 0 aliphatic rings. The fourth-order valence-corrected chi connectivity index (χ4v) is 0.836. The van der Waals surface area contributed by atoms with Gasteiger partial charge in [-0.15, -0.1) is 0 Å². The summed E-state index contributed by atoms with van der Waals surface area (Å²) in [6.07, 6.45) is 1.84. The van der Waals surface area contributed by atoms with Gasteiger partial charge in [0.05, 0.1) is 0 Å². The lowest BCUT2D eigenvalue weighted by Crippen LogP contribution is -2.52. The second-order valence-electron chi connectivity index (χ2n) is 2.75. The summed E-state index contributed by atoms with van der Waals surface area (Å²) in [7, 11) is -6.00. The lowest BCUT2D eigenvalue weighted by atomic mass is 10.1. The Labute approximate surface area is 85.7 Å². The van der Waals surface area contributed by atoms with Gasteiger partial charge in [0.25, 0.3) is 0 Å². The van der Waals surface area contributed by atoms with Crippen LogP contribution in [-0.2, 0) is 0 Å². The second kappa shape index (κ2) is 6.24. The first-order valence-electron chi connectivity index (χ1n) is 4.22. The van der Waals surface area contributed by atoms with Crippen LogP contribution >= 0.6 is 0 Å². The van der Waals surface area contributed by atoms with Crippen LogP contribution in [0, 0.1) is 0 Å². The summed E-state index contributed by atoms with van der Waals surface area (Å²) >= 11 is 0. The summed E-state index contributed by atoms with van der Waals surface area (Å²) in [5.41, 5.74) is 5.13. The maximum Gasteiger partial charge on any atom is 0.673 e. The molecule has 0 aliphatic heterocycles. The largest absolute Gasteiger partial charge is 0.673 e. The van der Waals surface area contributed by atoms with Gasteiger partial charge in [-0.3, -0.25) is 0 Å². The summed E-state index contributed by atoms with van der Waals surface area (Å²) < 4.78 is 39.0. The lowest BCUT2D eigenvalue weighted by Gasteiger charge is -2.00. The molecule has 0 fully saturated rings. The molecule has 0 radical (unpaired) electrons. The molecule has 1 rings (SSSR count). The summed E-state index contributed by atoms with van der Waals surface area (Å²) in [6.45, 7) is 3.67. The molecule has 1 unspecified atom stereocenters. The first-order valence-corrected chi connectivity index (χ1v) is 4.22. The van der Waals surface area contributed by atoms with E-state index in [2.05, 4.69) is 24.4 Å². The molecule has 0 spiro atoms. The van der Waals surface area contributed by atoms with Gasteiger partial charge in [-0.2, -0.15) is 0 Å². The van der Waals surface area contributed by atoms with E-state index in [4.69, 9.17) is 0 Å². The Morgan fingerprint density at radius 1 is 1.13 bits per heavy atom. The molecule has 1 atom stereocenters. The average Bonchev–Trinajstić information content (AvgIpc) is 2.15. The molecule has 0 saturated carbocycles. The van der Waals surface area contributed by atoms with E-state index in [0.29, 0.717) is 0 Å². The number of rotatable bonds is 2. The number of hydrogen-bond donors (Lipinski definition) is 1. The van der Waals surface area contributed by atoms with Gasteiger partial charge in [-0.1, -0.05) is 36.9 Å². The standard InChI is InChI=1S/C9H11N.BF4/c1-2-9(10)8-6-4-3-5-7-8;2-1(3,4)5/h2-7,9H,1,10H2;/q;-1/p+1. The van der Waals surface area contributed by atoms with Gasteiger partial charge in [0, 0.05) is 5.56 Å². The molecule has 6 heteroatoms. The van der Waals surface area contributed by atoms with E-state index >= 15 is 0 Å². The Balaban J connectivity index is 0.000000336. The number of quaternary nitrogens is 1. The van der Waals surface area contributed by atoms with Gasteiger partial charge in [-0.25, -0.2) is 0 Å². The molecule has 0 heterocycles. The van der Waals surface area contributed by atoms with Crippen molar-refractivity contribution in [3.63, 3.8) is 0 Å². The minimum absolute atomic E-state index is 0.223. The van der Waals surface area contributed by atoms with Gasteiger partial charge in [0.15, 0.2) is 0 Å². The molecule has 0 bridgehead atoms. The minimum atomic E-state index is -6.00. The van der Waals surface area contributed by atoms with Crippen molar-refractivity contribution in [2.24, 2.45) is 0 Å². The fraction of sp³-hybridized carbons (Fsp3) is 0.111. The van der Waals surface area contributed by atoms with Crippen LogP contribution in [0.4, 0.5) is 17.3 Å². The Hall–Kier alpha value is -1.30. The number of hydrogen-bond acceptors (Lipinski definition) is 0. The second-order valence-corrected chi connectivity index (χ2v) is 2.75. The van der Waals surface area contributed by atoms with E-state index in [1.54, 1.807) is 0 Å². The zero-order valence-corrected chi connectivity index (χ0v) is 8.04. The van der Waals surface area contributed by atoms with Crippen LogP contribution in [0.5, 0.6) is 0 Å². The number of benzene rings is 1. The van der Waals surface area contributed by atoms with Gasteiger partial charge in [0.2, 0.25) is 0 Å². The van der Waals surface area contributed by atoms with Gasteiger partial charge >= 0.3 is 7.25 Å². The van der Waals surface area contributed by atoms with E-state index in [1.807, 2.05) is 24.3 Å². The van der Waals surface area contributed by atoms with Crippen LogP contribution < -0.4 is 5.73 Å².